The average Bonchev–Trinajstić information content (AvgIpc) is 2.24. The van der Waals surface area contributed by atoms with Crippen LogP contribution in [0.25, 0.3) is 0 Å². The van der Waals surface area contributed by atoms with Crippen LogP contribution in [0.3, 0.4) is 0 Å². The van der Waals surface area contributed by atoms with Crippen LogP contribution in [0.1, 0.15) is 6.42 Å². The molecule has 0 saturated heterocycles. The summed E-state index contributed by atoms with van der Waals surface area (Å²) in [6.07, 6.45) is 2.12. The first kappa shape index (κ1) is 11.5. The third-order valence-electron chi connectivity index (χ3n) is 1.73. The summed E-state index contributed by atoms with van der Waals surface area (Å²) < 4.78 is 15.3. The highest BCUT2D eigenvalue weighted by molar-refractivity contribution is 5.51. The van der Waals surface area contributed by atoms with Crippen LogP contribution >= 0.6 is 0 Å². The number of methoxy groups -OCH3 is 2. The van der Waals surface area contributed by atoms with Crippen molar-refractivity contribution in [1.29, 1.82) is 0 Å². The summed E-state index contributed by atoms with van der Waals surface area (Å²) in [7, 11) is 3.14. The molecule has 0 fully saturated rings. The van der Waals surface area contributed by atoms with Crippen molar-refractivity contribution in [3.05, 3.63) is 6.33 Å². The second-order valence-electron chi connectivity index (χ2n) is 2.79. The molecule has 0 aliphatic carbocycles. The molecule has 0 saturated carbocycles. The Bertz CT molecular complexity index is 307. The zero-order chi connectivity index (χ0) is 11.1. The fraction of sp³-hybridized carbons (Fsp3) is 0.556. The van der Waals surface area contributed by atoms with Gasteiger partial charge in [-0.2, -0.15) is 4.98 Å². The molecule has 0 radical (unpaired) electrons. The quantitative estimate of drug-likeness (QED) is 0.692. The lowest BCUT2D eigenvalue weighted by molar-refractivity contribution is 0.169. The van der Waals surface area contributed by atoms with Gasteiger partial charge in [0.25, 0.3) is 5.88 Å². The molecule has 0 unspecified atom stereocenters. The molecule has 1 aromatic heterocycles. The van der Waals surface area contributed by atoms with E-state index in [0.29, 0.717) is 24.8 Å². The van der Waals surface area contributed by atoms with E-state index < -0.39 is 0 Å². The Morgan fingerprint density at radius 3 is 2.73 bits per heavy atom. The summed E-state index contributed by atoms with van der Waals surface area (Å²) in [6.45, 7) is 1.14. The molecule has 1 aromatic rings. The zero-order valence-corrected chi connectivity index (χ0v) is 8.90. The van der Waals surface area contributed by atoms with Gasteiger partial charge in [0.05, 0.1) is 13.7 Å². The maximum Gasteiger partial charge on any atom is 0.262 e. The van der Waals surface area contributed by atoms with Crippen molar-refractivity contribution in [2.45, 2.75) is 6.42 Å². The van der Waals surface area contributed by atoms with Crippen LogP contribution < -0.4 is 15.2 Å². The number of hydrogen-bond acceptors (Lipinski definition) is 6. The summed E-state index contributed by atoms with van der Waals surface area (Å²) >= 11 is 0. The second kappa shape index (κ2) is 6.02. The summed E-state index contributed by atoms with van der Waals surface area (Å²) in [4.78, 5) is 7.72. The summed E-state index contributed by atoms with van der Waals surface area (Å²) in [6, 6.07) is 0. The minimum absolute atomic E-state index is 0.272. The Balaban J connectivity index is 2.56. The maximum absolute atomic E-state index is 5.58. The fourth-order valence-electron chi connectivity index (χ4n) is 1.04. The third-order valence-corrected chi connectivity index (χ3v) is 1.73. The van der Waals surface area contributed by atoms with Crippen molar-refractivity contribution < 1.29 is 14.2 Å². The van der Waals surface area contributed by atoms with E-state index in [9.17, 15) is 0 Å². The van der Waals surface area contributed by atoms with Crippen molar-refractivity contribution in [2.75, 3.05) is 33.2 Å². The van der Waals surface area contributed by atoms with Crippen molar-refractivity contribution >= 4 is 5.82 Å². The molecule has 15 heavy (non-hydrogen) atoms. The van der Waals surface area contributed by atoms with E-state index in [1.807, 2.05) is 0 Å². The third kappa shape index (κ3) is 3.25. The van der Waals surface area contributed by atoms with Crippen LogP contribution in [0.5, 0.6) is 11.6 Å². The van der Waals surface area contributed by atoms with E-state index in [4.69, 9.17) is 19.9 Å². The van der Waals surface area contributed by atoms with Crippen molar-refractivity contribution in [3.8, 4) is 11.6 Å². The van der Waals surface area contributed by atoms with Gasteiger partial charge in [0.2, 0.25) is 5.75 Å². The molecule has 2 N–H and O–H groups in total. The molecular formula is C9H15N3O3. The zero-order valence-electron chi connectivity index (χ0n) is 8.90. The van der Waals surface area contributed by atoms with Gasteiger partial charge in [0.15, 0.2) is 5.82 Å². The first-order valence-corrected chi connectivity index (χ1v) is 4.55. The topological polar surface area (TPSA) is 79.5 Å². The van der Waals surface area contributed by atoms with E-state index in [1.165, 1.54) is 13.4 Å². The van der Waals surface area contributed by atoms with E-state index in [0.717, 1.165) is 6.42 Å². The summed E-state index contributed by atoms with van der Waals surface area (Å²) in [5.74, 6) is 1.00. The molecule has 1 heterocycles. The van der Waals surface area contributed by atoms with Crippen LogP contribution in [0.2, 0.25) is 0 Å². The van der Waals surface area contributed by atoms with E-state index in [1.54, 1.807) is 7.11 Å². The number of nitrogens with zero attached hydrogens (tertiary/aromatic N) is 2. The molecule has 0 aliphatic rings. The molecule has 6 nitrogen and oxygen atoms in total. The molecule has 0 bridgehead atoms. The molecule has 0 aliphatic heterocycles. The van der Waals surface area contributed by atoms with Gasteiger partial charge in [-0.3, -0.25) is 0 Å². The summed E-state index contributed by atoms with van der Waals surface area (Å²) in [5, 5.41) is 0. The maximum atomic E-state index is 5.58. The molecule has 1 rings (SSSR count). The first-order valence-electron chi connectivity index (χ1n) is 4.55. The number of hydrogen-bond donors (Lipinski definition) is 1. The lowest BCUT2D eigenvalue weighted by Gasteiger charge is -2.09. The molecule has 0 amide bonds. The highest BCUT2D eigenvalue weighted by atomic mass is 16.5. The smallest absolute Gasteiger partial charge is 0.262 e. The van der Waals surface area contributed by atoms with E-state index >= 15 is 0 Å². The van der Waals surface area contributed by atoms with E-state index in [2.05, 4.69) is 9.97 Å². The molecule has 0 aromatic carbocycles. The van der Waals surface area contributed by atoms with Gasteiger partial charge in [-0.05, 0) is 0 Å². The lowest BCUT2D eigenvalue weighted by Crippen LogP contribution is -2.06. The van der Waals surface area contributed by atoms with Crippen LogP contribution in [-0.4, -0.2) is 37.4 Å². The molecule has 6 heteroatoms. The second-order valence-corrected chi connectivity index (χ2v) is 2.79. The van der Waals surface area contributed by atoms with Crippen LogP contribution in [0.15, 0.2) is 6.33 Å². The van der Waals surface area contributed by atoms with Gasteiger partial charge in [0, 0.05) is 20.1 Å². The average molecular weight is 213 g/mol. The Morgan fingerprint density at radius 2 is 2.07 bits per heavy atom. The predicted octanol–water partition coefficient (Wildman–Crippen LogP) is 0.483. The molecule has 0 spiro atoms. The first-order chi connectivity index (χ1) is 7.29. The number of anilines is 1. The Hall–Kier alpha value is -1.56. The number of rotatable bonds is 6. The fourth-order valence-corrected chi connectivity index (χ4v) is 1.04. The van der Waals surface area contributed by atoms with Gasteiger partial charge in [-0.25, -0.2) is 4.98 Å². The monoisotopic (exact) mass is 213 g/mol. The largest absolute Gasteiger partial charge is 0.489 e. The highest BCUT2D eigenvalue weighted by Gasteiger charge is 2.10. The normalized spacial score (nSPS) is 10.0. The lowest BCUT2D eigenvalue weighted by atomic mass is 10.5. The molecular weight excluding hydrogens is 198 g/mol. The van der Waals surface area contributed by atoms with Gasteiger partial charge >= 0.3 is 0 Å². The highest BCUT2D eigenvalue weighted by Crippen LogP contribution is 2.28. The Kier molecular flexibility index (Phi) is 4.62. The standard InChI is InChI=1S/C9H15N3O3/c1-13-4-3-5-15-9-7(14-2)8(10)11-6-12-9/h6H,3-5H2,1-2H3,(H2,10,11,12). The van der Waals surface area contributed by atoms with Crippen molar-refractivity contribution in [3.63, 3.8) is 0 Å². The van der Waals surface area contributed by atoms with Crippen molar-refractivity contribution in [1.82, 2.24) is 9.97 Å². The van der Waals surface area contributed by atoms with E-state index in [-0.39, 0.29) is 5.82 Å². The number of ether oxygens (including phenoxy) is 3. The SMILES string of the molecule is COCCCOc1ncnc(N)c1OC. The van der Waals surface area contributed by atoms with Gasteiger partial charge in [-0.1, -0.05) is 0 Å². The molecule has 84 valence electrons. The summed E-state index contributed by atoms with van der Waals surface area (Å²) in [5.41, 5.74) is 5.58. The predicted molar refractivity (Wildman–Crippen MR) is 55.0 cm³/mol. The van der Waals surface area contributed by atoms with Gasteiger partial charge < -0.3 is 19.9 Å². The number of nitrogens with two attached hydrogens (primary N) is 1. The van der Waals surface area contributed by atoms with Crippen molar-refractivity contribution in [2.24, 2.45) is 0 Å². The molecule has 0 atom stereocenters. The number of aromatic nitrogens is 2. The number of nitrogen functional groups attached to an aromatic ring is 1. The van der Waals surface area contributed by atoms with Crippen LogP contribution in [-0.2, 0) is 4.74 Å². The van der Waals surface area contributed by atoms with Gasteiger partial charge in [0.1, 0.15) is 6.33 Å². The van der Waals surface area contributed by atoms with Crippen LogP contribution in [0.4, 0.5) is 5.82 Å². The Morgan fingerprint density at radius 1 is 1.27 bits per heavy atom. The van der Waals surface area contributed by atoms with Crippen LogP contribution in [0, 0.1) is 0 Å². The Labute approximate surface area is 88.4 Å². The van der Waals surface area contributed by atoms with Gasteiger partial charge in [-0.15, -0.1) is 0 Å². The minimum Gasteiger partial charge on any atom is -0.489 e. The minimum atomic E-state index is 0.272.